The van der Waals surface area contributed by atoms with Crippen LogP contribution in [0.1, 0.15) is 25.5 Å². The third-order valence-corrected chi connectivity index (χ3v) is 3.99. The Morgan fingerprint density at radius 3 is 2.80 bits per heavy atom. The fourth-order valence-electron chi connectivity index (χ4n) is 2.59. The molecule has 20 heavy (non-hydrogen) atoms. The summed E-state index contributed by atoms with van der Waals surface area (Å²) in [6.45, 7) is 2.55. The first-order valence-electron chi connectivity index (χ1n) is 7.12. The van der Waals surface area contributed by atoms with E-state index in [-0.39, 0.29) is 23.8 Å². The number of nitrogens with one attached hydrogen (secondary N) is 1. The molecule has 0 aliphatic carbocycles. The Labute approximate surface area is 119 Å². The van der Waals surface area contributed by atoms with Crippen molar-refractivity contribution < 1.29 is 9.59 Å². The lowest BCUT2D eigenvalue weighted by atomic mass is 10.1. The maximum Gasteiger partial charge on any atom is 0.225 e. The Morgan fingerprint density at radius 1 is 1.50 bits per heavy atom. The number of hydrogen-bond acceptors (Lipinski definition) is 2. The minimum absolute atomic E-state index is 0.00193. The molecular formula is C15H23N3O2. The SMILES string of the molecule is C[C@H](CCc1cccn1C)NC(=O)[C@H]1CC(=O)N(C)C1. The quantitative estimate of drug-likeness (QED) is 0.871. The second kappa shape index (κ2) is 6.11. The molecule has 0 spiro atoms. The van der Waals surface area contributed by atoms with Crippen LogP contribution in [0.2, 0.25) is 0 Å². The largest absolute Gasteiger partial charge is 0.354 e. The summed E-state index contributed by atoms with van der Waals surface area (Å²) in [7, 11) is 3.77. The zero-order valence-corrected chi connectivity index (χ0v) is 12.4. The lowest BCUT2D eigenvalue weighted by Gasteiger charge is -2.17. The molecule has 2 rings (SSSR count). The van der Waals surface area contributed by atoms with Crippen LogP contribution in [0.25, 0.3) is 0 Å². The van der Waals surface area contributed by atoms with Gasteiger partial charge in [0.2, 0.25) is 11.8 Å². The molecule has 5 heteroatoms. The molecule has 5 nitrogen and oxygen atoms in total. The Balaban J connectivity index is 1.77. The fraction of sp³-hybridized carbons (Fsp3) is 0.600. The number of carbonyl (C=O) groups is 2. The number of carbonyl (C=O) groups excluding carboxylic acids is 2. The molecule has 110 valence electrons. The van der Waals surface area contributed by atoms with Gasteiger partial charge in [-0.15, -0.1) is 0 Å². The van der Waals surface area contributed by atoms with Gasteiger partial charge in [0.15, 0.2) is 0 Å². The molecule has 0 saturated carbocycles. The van der Waals surface area contributed by atoms with E-state index in [9.17, 15) is 9.59 Å². The molecule has 0 aromatic carbocycles. The summed E-state index contributed by atoms with van der Waals surface area (Å²) < 4.78 is 2.10. The van der Waals surface area contributed by atoms with Gasteiger partial charge >= 0.3 is 0 Å². The van der Waals surface area contributed by atoms with E-state index in [4.69, 9.17) is 0 Å². The van der Waals surface area contributed by atoms with Crippen molar-refractivity contribution in [2.75, 3.05) is 13.6 Å². The minimum Gasteiger partial charge on any atom is -0.354 e. The average Bonchev–Trinajstić information content (AvgIpc) is 2.94. The van der Waals surface area contributed by atoms with E-state index in [2.05, 4.69) is 16.0 Å². The second-order valence-electron chi connectivity index (χ2n) is 5.73. The van der Waals surface area contributed by atoms with E-state index < -0.39 is 0 Å². The van der Waals surface area contributed by atoms with Gasteiger partial charge < -0.3 is 14.8 Å². The van der Waals surface area contributed by atoms with E-state index in [1.165, 1.54) is 5.69 Å². The monoisotopic (exact) mass is 277 g/mol. The third kappa shape index (κ3) is 3.40. The number of rotatable bonds is 5. The maximum absolute atomic E-state index is 12.1. The first-order valence-corrected chi connectivity index (χ1v) is 7.12. The number of amides is 2. The molecule has 0 unspecified atom stereocenters. The Bertz CT molecular complexity index is 495. The first kappa shape index (κ1) is 14.6. The van der Waals surface area contributed by atoms with Crippen LogP contribution in [-0.4, -0.2) is 40.9 Å². The molecule has 2 amide bonds. The number of aryl methyl sites for hydroxylation is 2. The Morgan fingerprint density at radius 2 is 2.25 bits per heavy atom. The summed E-state index contributed by atoms with van der Waals surface area (Å²) in [5.41, 5.74) is 1.27. The van der Waals surface area contributed by atoms with E-state index in [0.29, 0.717) is 13.0 Å². The van der Waals surface area contributed by atoms with E-state index in [1.807, 2.05) is 26.2 Å². The molecule has 0 radical (unpaired) electrons. The molecule has 0 bridgehead atoms. The van der Waals surface area contributed by atoms with Crippen LogP contribution in [0, 0.1) is 5.92 Å². The van der Waals surface area contributed by atoms with Gasteiger partial charge in [-0.2, -0.15) is 0 Å². The van der Waals surface area contributed by atoms with Gasteiger partial charge in [0.1, 0.15) is 0 Å². The smallest absolute Gasteiger partial charge is 0.225 e. The molecule has 1 saturated heterocycles. The van der Waals surface area contributed by atoms with Gasteiger partial charge in [0.25, 0.3) is 0 Å². The van der Waals surface area contributed by atoms with Gasteiger partial charge in [0.05, 0.1) is 5.92 Å². The van der Waals surface area contributed by atoms with E-state index >= 15 is 0 Å². The molecule has 1 aliphatic rings. The van der Waals surface area contributed by atoms with Crippen molar-refractivity contribution in [1.29, 1.82) is 0 Å². The van der Waals surface area contributed by atoms with Gasteiger partial charge in [-0.3, -0.25) is 9.59 Å². The summed E-state index contributed by atoms with van der Waals surface area (Å²) in [5, 5.41) is 3.02. The summed E-state index contributed by atoms with van der Waals surface area (Å²) in [5.74, 6) is -0.131. The van der Waals surface area contributed by atoms with Crippen molar-refractivity contribution in [1.82, 2.24) is 14.8 Å². The second-order valence-corrected chi connectivity index (χ2v) is 5.73. The number of likely N-dealkylation sites (tertiary alicyclic amines) is 1. The number of aromatic nitrogens is 1. The number of nitrogens with zero attached hydrogens (tertiary/aromatic N) is 2. The molecule has 1 fully saturated rings. The van der Waals surface area contributed by atoms with Crippen molar-refractivity contribution in [2.45, 2.75) is 32.2 Å². The van der Waals surface area contributed by atoms with Gasteiger partial charge in [-0.25, -0.2) is 0 Å². The fourth-order valence-corrected chi connectivity index (χ4v) is 2.59. The predicted octanol–water partition coefficient (Wildman–Crippen LogP) is 0.941. The van der Waals surface area contributed by atoms with Crippen LogP contribution in [0.3, 0.4) is 0 Å². The topological polar surface area (TPSA) is 54.3 Å². The van der Waals surface area contributed by atoms with Gasteiger partial charge in [-0.05, 0) is 31.9 Å². The highest BCUT2D eigenvalue weighted by Gasteiger charge is 2.32. The normalized spacial score (nSPS) is 20.2. The zero-order chi connectivity index (χ0) is 14.7. The average molecular weight is 277 g/mol. The summed E-state index contributed by atoms with van der Waals surface area (Å²) >= 11 is 0. The standard InChI is InChI=1S/C15H23N3O2/c1-11(6-7-13-5-4-8-17(13)2)16-15(20)12-9-14(19)18(3)10-12/h4-5,8,11-12H,6-7,9-10H2,1-3H3,(H,16,20)/t11-,12+/m1/s1. The Hall–Kier alpha value is -1.78. The van der Waals surface area contributed by atoms with Crippen LogP contribution in [0.4, 0.5) is 0 Å². The summed E-state index contributed by atoms with van der Waals surface area (Å²) in [4.78, 5) is 25.1. The zero-order valence-electron chi connectivity index (χ0n) is 12.4. The van der Waals surface area contributed by atoms with E-state index in [1.54, 1.807) is 11.9 Å². The highest BCUT2D eigenvalue weighted by Crippen LogP contribution is 2.16. The van der Waals surface area contributed by atoms with Crippen LogP contribution in [0.15, 0.2) is 18.3 Å². The molecule has 1 aromatic rings. The van der Waals surface area contributed by atoms with Gasteiger partial charge in [-0.1, -0.05) is 0 Å². The lowest BCUT2D eigenvalue weighted by molar-refractivity contribution is -0.128. The molecule has 2 heterocycles. The first-order chi connectivity index (χ1) is 9.47. The summed E-state index contributed by atoms with van der Waals surface area (Å²) in [6, 6.07) is 4.25. The van der Waals surface area contributed by atoms with Crippen molar-refractivity contribution >= 4 is 11.8 Å². The highest BCUT2D eigenvalue weighted by molar-refractivity contribution is 5.89. The predicted molar refractivity (Wildman–Crippen MR) is 77.1 cm³/mol. The van der Waals surface area contributed by atoms with Gasteiger partial charge in [0, 0.05) is 45.0 Å². The van der Waals surface area contributed by atoms with Crippen LogP contribution < -0.4 is 5.32 Å². The highest BCUT2D eigenvalue weighted by atomic mass is 16.2. The number of hydrogen-bond donors (Lipinski definition) is 1. The van der Waals surface area contributed by atoms with E-state index in [0.717, 1.165) is 12.8 Å². The molecule has 2 atom stereocenters. The van der Waals surface area contributed by atoms with Crippen molar-refractivity contribution in [3.05, 3.63) is 24.0 Å². The van der Waals surface area contributed by atoms with Crippen LogP contribution in [-0.2, 0) is 23.1 Å². The molecule has 1 aliphatic heterocycles. The maximum atomic E-state index is 12.1. The van der Waals surface area contributed by atoms with Crippen molar-refractivity contribution in [2.24, 2.45) is 13.0 Å². The molecule has 1 N–H and O–H groups in total. The lowest BCUT2D eigenvalue weighted by Crippen LogP contribution is -2.38. The molecule has 1 aromatic heterocycles. The van der Waals surface area contributed by atoms with Crippen LogP contribution in [0.5, 0.6) is 0 Å². The minimum atomic E-state index is -0.190. The summed E-state index contributed by atoms with van der Waals surface area (Å²) in [6.07, 6.45) is 4.21. The van der Waals surface area contributed by atoms with Crippen molar-refractivity contribution in [3.8, 4) is 0 Å². The van der Waals surface area contributed by atoms with Crippen molar-refractivity contribution in [3.63, 3.8) is 0 Å². The third-order valence-electron chi connectivity index (χ3n) is 3.99. The van der Waals surface area contributed by atoms with Crippen LogP contribution >= 0.6 is 0 Å². The Kier molecular flexibility index (Phi) is 4.47. The molecular weight excluding hydrogens is 254 g/mol.